The topological polar surface area (TPSA) is 26.3 Å². The summed E-state index contributed by atoms with van der Waals surface area (Å²) in [6.45, 7) is 10.8. The van der Waals surface area contributed by atoms with Gasteiger partial charge in [-0.2, -0.15) is 0 Å². The van der Waals surface area contributed by atoms with Crippen molar-refractivity contribution >= 4 is 5.97 Å². The van der Waals surface area contributed by atoms with Crippen LogP contribution in [-0.2, 0) is 9.53 Å². The van der Waals surface area contributed by atoms with Gasteiger partial charge in [0.05, 0.1) is 0 Å². The van der Waals surface area contributed by atoms with E-state index in [1.165, 1.54) is 83.5 Å². The second-order valence-electron chi connectivity index (χ2n) is 9.41. The molecule has 0 fully saturated rings. The summed E-state index contributed by atoms with van der Waals surface area (Å²) in [6, 6.07) is 0. The zero-order valence-electron chi connectivity index (χ0n) is 20.5. The van der Waals surface area contributed by atoms with E-state index in [1.807, 2.05) is 6.92 Å². The van der Waals surface area contributed by atoms with E-state index in [1.54, 1.807) is 0 Å². The molecule has 0 aliphatic heterocycles. The summed E-state index contributed by atoms with van der Waals surface area (Å²) < 4.78 is 5.41. The summed E-state index contributed by atoms with van der Waals surface area (Å²) >= 11 is 0. The number of esters is 1. The molecule has 0 rings (SSSR count). The zero-order valence-corrected chi connectivity index (χ0v) is 20.5. The number of hydrogen-bond donors (Lipinski definition) is 0. The minimum atomic E-state index is -0.0221. The van der Waals surface area contributed by atoms with Crippen LogP contribution in [0.1, 0.15) is 137 Å². The Morgan fingerprint density at radius 1 is 0.759 bits per heavy atom. The molecular weight excluding hydrogens is 356 g/mol. The van der Waals surface area contributed by atoms with Crippen molar-refractivity contribution in [2.75, 3.05) is 0 Å². The first-order valence-corrected chi connectivity index (χ1v) is 12.8. The maximum Gasteiger partial charge on any atom is 0.306 e. The average Bonchev–Trinajstić information content (AvgIpc) is 2.68. The van der Waals surface area contributed by atoms with Gasteiger partial charge in [0.25, 0.3) is 0 Å². The molecule has 172 valence electrons. The van der Waals surface area contributed by atoms with Gasteiger partial charge in [-0.05, 0) is 44.4 Å². The highest BCUT2D eigenvalue weighted by atomic mass is 16.5. The van der Waals surface area contributed by atoms with E-state index in [-0.39, 0.29) is 12.1 Å². The maximum atomic E-state index is 11.7. The minimum Gasteiger partial charge on any atom is -0.462 e. The van der Waals surface area contributed by atoms with Crippen molar-refractivity contribution in [1.82, 2.24) is 0 Å². The van der Waals surface area contributed by atoms with E-state index >= 15 is 0 Å². The van der Waals surface area contributed by atoms with Gasteiger partial charge in [-0.1, -0.05) is 110 Å². The van der Waals surface area contributed by atoms with E-state index in [4.69, 9.17) is 4.74 Å². The Bertz CT molecular complexity index is 386. The molecule has 0 saturated heterocycles. The highest BCUT2D eigenvalue weighted by Crippen LogP contribution is 2.14. The normalized spacial score (nSPS) is 13.9. The third-order valence-corrected chi connectivity index (χ3v) is 5.99. The number of unbranched alkanes of at least 4 members (excludes halogenated alkanes) is 12. The Morgan fingerprint density at radius 2 is 1.31 bits per heavy atom. The highest BCUT2D eigenvalue weighted by Gasteiger charge is 2.12. The molecule has 0 aliphatic carbocycles. The Morgan fingerprint density at radius 3 is 1.90 bits per heavy atom. The van der Waals surface area contributed by atoms with Gasteiger partial charge in [-0.25, -0.2) is 0 Å². The number of hydrogen-bond acceptors (Lipinski definition) is 2. The summed E-state index contributed by atoms with van der Waals surface area (Å²) in [6.07, 6.45) is 25.1. The molecular formula is C27H52O2. The monoisotopic (exact) mass is 408 g/mol. The molecule has 2 heteroatoms. The Kier molecular flexibility index (Phi) is 19.9. The van der Waals surface area contributed by atoms with Crippen LogP contribution >= 0.6 is 0 Å². The molecule has 0 aromatic carbocycles. The van der Waals surface area contributed by atoms with E-state index in [0.29, 0.717) is 12.3 Å². The molecule has 0 bridgehead atoms. The molecule has 0 N–H and O–H groups in total. The van der Waals surface area contributed by atoms with E-state index in [2.05, 4.69) is 39.8 Å². The minimum absolute atomic E-state index is 0.0221. The van der Waals surface area contributed by atoms with E-state index in [9.17, 15) is 4.79 Å². The summed E-state index contributed by atoms with van der Waals surface area (Å²) in [5.74, 6) is 1.14. The molecule has 29 heavy (non-hydrogen) atoms. The molecule has 0 heterocycles. The second-order valence-corrected chi connectivity index (χ2v) is 9.41. The van der Waals surface area contributed by atoms with Crippen molar-refractivity contribution in [2.24, 2.45) is 11.8 Å². The predicted molar refractivity (Wildman–Crippen MR) is 128 cm³/mol. The summed E-state index contributed by atoms with van der Waals surface area (Å²) in [5, 5.41) is 0. The number of carbonyl (C=O) groups is 1. The van der Waals surface area contributed by atoms with Crippen molar-refractivity contribution in [1.29, 1.82) is 0 Å². The average molecular weight is 409 g/mol. The van der Waals surface area contributed by atoms with Gasteiger partial charge < -0.3 is 4.74 Å². The van der Waals surface area contributed by atoms with Crippen LogP contribution in [0.25, 0.3) is 0 Å². The van der Waals surface area contributed by atoms with Crippen molar-refractivity contribution in [3.05, 3.63) is 12.2 Å². The lowest BCUT2D eigenvalue weighted by atomic mass is 10.0. The molecule has 2 nitrogen and oxygen atoms in total. The first kappa shape index (κ1) is 28.2. The lowest BCUT2D eigenvalue weighted by Gasteiger charge is -2.16. The quantitative estimate of drug-likeness (QED) is 0.114. The Labute approximate surface area is 183 Å². The third-order valence-electron chi connectivity index (χ3n) is 5.99. The Balaban J connectivity index is 3.33. The molecule has 0 aliphatic rings. The van der Waals surface area contributed by atoms with Crippen LogP contribution in [0.2, 0.25) is 0 Å². The second kappa shape index (κ2) is 20.5. The van der Waals surface area contributed by atoms with Gasteiger partial charge in [0.1, 0.15) is 6.10 Å². The third kappa shape index (κ3) is 20.3. The smallest absolute Gasteiger partial charge is 0.306 e. The highest BCUT2D eigenvalue weighted by molar-refractivity contribution is 5.69. The van der Waals surface area contributed by atoms with Crippen molar-refractivity contribution in [2.45, 2.75) is 143 Å². The predicted octanol–water partition coefficient (Wildman–Crippen LogP) is 9.03. The van der Waals surface area contributed by atoms with Gasteiger partial charge in [-0.3, -0.25) is 4.79 Å². The Hall–Kier alpha value is -0.790. The van der Waals surface area contributed by atoms with Crippen molar-refractivity contribution < 1.29 is 9.53 Å². The fourth-order valence-corrected chi connectivity index (χ4v) is 3.49. The van der Waals surface area contributed by atoms with Crippen molar-refractivity contribution in [3.8, 4) is 0 Å². The fraction of sp³-hybridized carbons (Fsp3) is 0.889. The van der Waals surface area contributed by atoms with Crippen LogP contribution in [0.15, 0.2) is 12.2 Å². The molecule has 0 aromatic rings. The molecule has 0 spiro atoms. The SMILES string of the molecule is CCCCCCC(C)/C=C/CCCCCCCCCCCC(=O)OC(C)C(C)C. The maximum absolute atomic E-state index is 11.7. The summed E-state index contributed by atoms with van der Waals surface area (Å²) in [5.41, 5.74) is 0. The largest absolute Gasteiger partial charge is 0.462 e. The van der Waals surface area contributed by atoms with Crippen LogP contribution in [0, 0.1) is 11.8 Å². The van der Waals surface area contributed by atoms with Gasteiger partial charge >= 0.3 is 5.97 Å². The number of carbonyl (C=O) groups excluding carboxylic acids is 1. The molecule has 0 aromatic heterocycles. The molecule has 0 saturated carbocycles. The van der Waals surface area contributed by atoms with Crippen LogP contribution in [0.4, 0.5) is 0 Å². The van der Waals surface area contributed by atoms with Gasteiger partial charge in [0.15, 0.2) is 0 Å². The van der Waals surface area contributed by atoms with Crippen LogP contribution in [0.3, 0.4) is 0 Å². The first-order valence-electron chi connectivity index (χ1n) is 12.8. The molecule has 2 unspecified atom stereocenters. The van der Waals surface area contributed by atoms with Gasteiger partial charge in [0.2, 0.25) is 0 Å². The van der Waals surface area contributed by atoms with Gasteiger partial charge in [-0.15, -0.1) is 0 Å². The lowest BCUT2D eigenvalue weighted by molar-refractivity contribution is -0.150. The van der Waals surface area contributed by atoms with E-state index in [0.717, 1.165) is 18.8 Å². The van der Waals surface area contributed by atoms with Crippen LogP contribution in [-0.4, -0.2) is 12.1 Å². The molecule has 2 atom stereocenters. The van der Waals surface area contributed by atoms with Crippen LogP contribution < -0.4 is 0 Å². The standard InChI is InChI=1S/C27H52O2/c1-6-7-8-18-21-25(4)22-19-16-14-12-10-9-11-13-15-17-20-23-27(28)29-26(5)24(2)3/h19,22,24-26H,6-18,20-21,23H2,1-5H3/b22-19+. The van der Waals surface area contributed by atoms with E-state index < -0.39 is 0 Å². The van der Waals surface area contributed by atoms with Crippen molar-refractivity contribution in [3.63, 3.8) is 0 Å². The summed E-state index contributed by atoms with van der Waals surface area (Å²) in [7, 11) is 0. The number of allylic oxidation sites excluding steroid dienone is 2. The fourth-order valence-electron chi connectivity index (χ4n) is 3.49. The molecule has 0 radical (unpaired) electrons. The number of ether oxygens (including phenoxy) is 1. The van der Waals surface area contributed by atoms with Crippen LogP contribution in [0.5, 0.6) is 0 Å². The lowest BCUT2D eigenvalue weighted by Crippen LogP contribution is -2.19. The van der Waals surface area contributed by atoms with Gasteiger partial charge in [0, 0.05) is 6.42 Å². The zero-order chi connectivity index (χ0) is 21.7. The first-order chi connectivity index (χ1) is 14.0. The summed E-state index contributed by atoms with van der Waals surface area (Å²) in [4.78, 5) is 11.7. The molecule has 0 amide bonds. The number of rotatable bonds is 20.